The summed E-state index contributed by atoms with van der Waals surface area (Å²) in [5, 5.41) is 30.8. The van der Waals surface area contributed by atoms with Gasteiger partial charge in [-0.15, -0.1) is 0 Å². The number of unbranched alkanes of at least 4 members (excludes halogenated alkanes) is 20. The molecule has 1 heterocycles. The number of hydrogen-bond acceptors (Lipinski definition) is 11. The largest absolute Gasteiger partial charge is 0.462 e. The first-order chi connectivity index (χ1) is 27.0. The first-order valence-electron chi connectivity index (χ1n) is 21.9. The molecule has 2 unspecified atom stereocenters. The molecule has 12 nitrogen and oxygen atoms in total. The second-order valence-electron chi connectivity index (χ2n) is 15.4. The van der Waals surface area contributed by atoms with Crippen LogP contribution in [0, 0.1) is 0 Å². The first kappa shape index (κ1) is 52.1. The van der Waals surface area contributed by atoms with E-state index in [0.29, 0.717) is 12.8 Å². The molecule has 56 heavy (non-hydrogen) atoms. The predicted octanol–water partition coefficient (Wildman–Crippen LogP) is 8.45. The van der Waals surface area contributed by atoms with E-state index in [2.05, 4.69) is 38.2 Å². The number of rotatable bonds is 36. The fourth-order valence-electron chi connectivity index (χ4n) is 6.59. The summed E-state index contributed by atoms with van der Waals surface area (Å²) in [6, 6.07) is 0. The topological polar surface area (TPSA) is 186 Å². The van der Waals surface area contributed by atoms with Crippen LogP contribution in [-0.2, 0) is 38.7 Å². The van der Waals surface area contributed by atoms with Crippen molar-refractivity contribution in [2.75, 3.05) is 19.0 Å². The van der Waals surface area contributed by atoms with Crippen LogP contribution >= 0.6 is 0 Å². The van der Waals surface area contributed by atoms with Gasteiger partial charge in [0.15, 0.2) is 12.4 Å². The molecule has 328 valence electrons. The average molecular weight is 819 g/mol. The van der Waals surface area contributed by atoms with Crippen LogP contribution in [0.4, 0.5) is 0 Å². The molecule has 1 aliphatic heterocycles. The van der Waals surface area contributed by atoms with Gasteiger partial charge in [-0.3, -0.25) is 14.1 Å². The Balaban J connectivity index is 2.49. The van der Waals surface area contributed by atoms with Crippen LogP contribution in [-0.4, -0.2) is 96.0 Å². The van der Waals surface area contributed by atoms with Crippen LogP contribution in [0.3, 0.4) is 0 Å². The Morgan fingerprint density at radius 1 is 0.607 bits per heavy atom. The molecule has 0 amide bonds. The normalized spacial score (nSPS) is 20.9. The van der Waals surface area contributed by atoms with Gasteiger partial charge in [0, 0.05) is 12.8 Å². The van der Waals surface area contributed by atoms with Gasteiger partial charge in [0.1, 0.15) is 36.8 Å². The number of carbonyl (C=O) groups is 2. The van der Waals surface area contributed by atoms with E-state index in [4.69, 9.17) is 18.9 Å². The molecule has 1 rings (SSSR count). The number of esters is 2. The molecule has 0 aromatic rings. The minimum Gasteiger partial charge on any atom is -0.462 e. The lowest BCUT2D eigenvalue weighted by atomic mass is 10.00. The molecule has 1 saturated heterocycles. The summed E-state index contributed by atoms with van der Waals surface area (Å²) in [6.07, 6.45) is 26.6. The van der Waals surface area contributed by atoms with Crippen molar-refractivity contribution in [1.29, 1.82) is 0 Å². The summed E-state index contributed by atoms with van der Waals surface area (Å²) in [5.41, 5.74) is 0. The monoisotopic (exact) mass is 819 g/mol. The fraction of sp³-hybridized carbons (Fsp3) is 0.860. The van der Waals surface area contributed by atoms with E-state index in [-0.39, 0.29) is 19.4 Å². The van der Waals surface area contributed by atoms with Crippen LogP contribution in [0.1, 0.15) is 181 Å². The number of allylic oxidation sites excluding steroid dienone is 4. The maximum absolute atomic E-state index is 12.8. The van der Waals surface area contributed by atoms with Crippen molar-refractivity contribution in [1.82, 2.24) is 0 Å². The van der Waals surface area contributed by atoms with Crippen molar-refractivity contribution in [2.24, 2.45) is 0 Å². The van der Waals surface area contributed by atoms with E-state index in [9.17, 15) is 37.9 Å². The van der Waals surface area contributed by atoms with Crippen LogP contribution in [0.25, 0.3) is 0 Å². The Morgan fingerprint density at radius 2 is 1.07 bits per heavy atom. The number of aliphatic hydroxyl groups excluding tert-OH is 3. The highest BCUT2D eigenvalue weighted by Gasteiger charge is 2.46. The minimum atomic E-state index is -4.60. The molecule has 0 saturated carbocycles. The SMILES string of the molecule is CCCCCCCC/C=C/C/C=C/CCCCC(=O)O[C@H](COC(=O)CCCCCCCCCCCCCCC)CO[C@H]1O[C@H](CS(=O)(=O)O)[C@@H](O)C(O)C1O. The highest BCUT2D eigenvalue weighted by molar-refractivity contribution is 7.85. The van der Waals surface area contributed by atoms with E-state index < -0.39 is 71.2 Å². The first-order valence-corrected chi connectivity index (χ1v) is 23.5. The Labute approximate surface area is 338 Å². The molecule has 13 heteroatoms. The second-order valence-corrected chi connectivity index (χ2v) is 16.9. The molecule has 1 aliphatic rings. The van der Waals surface area contributed by atoms with Crippen molar-refractivity contribution in [3.63, 3.8) is 0 Å². The summed E-state index contributed by atoms with van der Waals surface area (Å²) >= 11 is 0. The molecule has 0 bridgehead atoms. The lowest BCUT2D eigenvalue weighted by Gasteiger charge is -2.40. The van der Waals surface area contributed by atoms with Crippen molar-refractivity contribution < 1.29 is 56.8 Å². The van der Waals surface area contributed by atoms with Gasteiger partial charge in [0.25, 0.3) is 10.1 Å². The number of aliphatic hydroxyl groups is 3. The van der Waals surface area contributed by atoms with E-state index in [1.54, 1.807) is 0 Å². The van der Waals surface area contributed by atoms with Gasteiger partial charge < -0.3 is 34.3 Å². The van der Waals surface area contributed by atoms with Crippen molar-refractivity contribution in [3.8, 4) is 0 Å². The predicted molar refractivity (Wildman–Crippen MR) is 220 cm³/mol. The molecular weight excluding hydrogens is 741 g/mol. The van der Waals surface area contributed by atoms with Crippen molar-refractivity contribution >= 4 is 22.1 Å². The van der Waals surface area contributed by atoms with Gasteiger partial charge >= 0.3 is 11.9 Å². The molecule has 0 radical (unpaired) electrons. The lowest BCUT2D eigenvalue weighted by molar-refractivity contribution is -0.297. The molecule has 0 spiro atoms. The fourth-order valence-corrected chi connectivity index (χ4v) is 7.28. The number of hydrogen-bond donors (Lipinski definition) is 4. The highest BCUT2D eigenvalue weighted by atomic mass is 32.2. The molecule has 0 aromatic carbocycles. The van der Waals surface area contributed by atoms with E-state index in [1.807, 2.05) is 0 Å². The quantitative estimate of drug-likeness (QED) is 0.0205. The van der Waals surface area contributed by atoms with Gasteiger partial charge in [0.05, 0.1) is 6.61 Å². The maximum Gasteiger partial charge on any atom is 0.306 e. The summed E-state index contributed by atoms with van der Waals surface area (Å²) in [7, 11) is -4.60. The third kappa shape index (κ3) is 28.5. The zero-order valence-corrected chi connectivity index (χ0v) is 35.6. The summed E-state index contributed by atoms with van der Waals surface area (Å²) in [4.78, 5) is 25.3. The van der Waals surface area contributed by atoms with Crippen LogP contribution in [0.15, 0.2) is 24.3 Å². The molecule has 1 fully saturated rings. The summed E-state index contributed by atoms with van der Waals surface area (Å²) in [5.74, 6) is -2.02. The Morgan fingerprint density at radius 3 is 1.61 bits per heavy atom. The van der Waals surface area contributed by atoms with Gasteiger partial charge in [-0.1, -0.05) is 147 Å². The smallest absolute Gasteiger partial charge is 0.306 e. The zero-order valence-electron chi connectivity index (χ0n) is 34.7. The number of ether oxygens (including phenoxy) is 4. The zero-order chi connectivity index (χ0) is 41.3. The summed E-state index contributed by atoms with van der Waals surface area (Å²) in [6.45, 7) is 3.72. The van der Waals surface area contributed by atoms with E-state index in [1.165, 1.54) is 96.3 Å². The van der Waals surface area contributed by atoms with E-state index >= 15 is 0 Å². The van der Waals surface area contributed by atoms with Gasteiger partial charge in [0.2, 0.25) is 0 Å². The van der Waals surface area contributed by atoms with E-state index in [0.717, 1.165) is 44.9 Å². The molecular formula is C43H78O12S. The minimum absolute atomic E-state index is 0.124. The molecule has 0 aromatic heterocycles. The van der Waals surface area contributed by atoms with Crippen LogP contribution in [0.2, 0.25) is 0 Å². The van der Waals surface area contributed by atoms with Gasteiger partial charge in [-0.05, 0) is 44.9 Å². The standard InChI is InChI=1S/C43H78O12S/c1-3-5-7-9-11-13-15-17-18-20-22-24-26-28-30-32-39(45)54-36(34-53-43-42(48)41(47)40(46)37(55-43)35-56(49,50)51)33-52-38(44)31-29-27-25-23-21-19-16-14-12-10-8-6-4-2/h17-18,22,24,36-37,40-43,46-48H,3-16,19-21,23,25-35H2,1-2H3,(H,49,50,51)/b18-17+,24-22+/t36-,37-,40-,41?,42?,43+/m1/s1. The maximum atomic E-state index is 12.8. The second kappa shape index (κ2) is 34.0. The average Bonchev–Trinajstić information content (AvgIpc) is 3.16. The van der Waals surface area contributed by atoms with Gasteiger partial charge in [-0.25, -0.2) is 0 Å². The van der Waals surface area contributed by atoms with Crippen LogP contribution < -0.4 is 0 Å². The molecule has 6 atom stereocenters. The highest BCUT2D eigenvalue weighted by Crippen LogP contribution is 2.24. The van der Waals surface area contributed by atoms with Gasteiger partial charge in [-0.2, -0.15) is 8.42 Å². The van der Waals surface area contributed by atoms with Crippen molar-refractivity contribution in [3.05, 3.63) is 24.3 Å². The van der Waals surface area contributed by atoms with Crippen LogP contribution in [0.5, 0.6) is 0 Å². The lowest BCUT2D eigenvalue weighted by Crippen LogP contribution is -2.60. The molecule has 4 N–H and O–H groups in total. The Hall–Kier alpha value is -1.87. The Bertz CT molecular complexity index is 1140. The third-order valence-electron chi connectivity index (χ3n) is 10.0. The van der Waals surface area contributed by atoms with Crippen molar-refractivity contribution in [2.45, 2.75) is 218 Å². The summed E-state index contributed by atoms with van der Waals surface area (Å²) < 4.78 is 53.9. The third-order valence-corrected chi connectivity index (χ3v) is 10.8. The molecule has 0 aliphatic carbocycles. The number of carbonyl (C=O) groups excluding carboxylic acids is 2. The Kier molecular flexibility index (Phi) is 31.7.